The summed E-state index contributed by atoms with van der Waals surface area (Å²) in [7, 11) is -3.64. The summed E-state index contributed by atoms with van der Waals surface area (Å²) in [5.41, 5.74) is 1.52. The molecule has 2 amide bonds. The molecule has 2 N–H and O–H groups in total. The van der Waals surface area contributed by atoms with Gasteiger partial charge >= 0.3 is 0 Å². The van der Waals surface area contributed by atoms with E-state index < -0.39 is 10.0 Å². The zero-order valence-corrected chi connectivity index (χ0v) is 16.2. The zero-order chi connectivity index (χ0) is 19.2. The summed E-state index contributed by atoms with van der Waals surface area (Å²) in [5, 5.41) is 2.66. The smallest absolute Gasteiger partial charge is 0.240 e. The minimum Gasteiger partial charge on any atom is -0.356 e. The second-order valence-corrected chi connectivity index (χ2v) is 8.34. The fourth-order valence-corrected chi connectivity index (χ4v) is 4.25. The summed E-state index contributed by atoms with van der Waals surface area (Å²) < 4.78 is 27.1. The molecule has 26 heavy (non-hydrogen) atoms. The van der Waals surface area contributed by atoms with Gasteiger partial charge in [-0.15, -0.1) is 0 Å². The number of benzene rings is 1. The lowest BCUT2D eigenvalue weighted by Gasteiger charge is -2.15. The molecule has 8 heteroatoms. The van der Waals surface area contributed by atoms with Crippen LogP contribution in [0.1, 0.15) is 36.8 Å². The molecule has 0 radical (unpaired) electrons. The van der Waals surface area contributed by atoms with Gasteiger partial charge in [-0.3, -0.25) is 9.59 Å². The zero-order valence-electron chi connectivity index (χ0n) is 15.4. The monoisotopic (exact) mass is 381 g/mol. The first-order valence-corrected chi connectivity index (χ1v) is 10.4. The third-order valence-corrected chi connectivity index (χ3v) is 6.00. The van der Waals surface area contributed by atoms with Crippen LogP contribution in [0.2, 0.25) is 0 Å². The first kappa shape index (κ1) is 20.4. The van der Waals surface area contributed by atoms with Crippen molar-refractivity contribution in [3.63, 3.8) is 0 Å². The van der Waals surface area contributed by atoms with E-state index >= 15 is 0 Å². The second kappa shape index (κ2) is 9.14. The molecule has 0 unspecified atom stereocenters. The van der Waals surface area contributed by atoms with Crippen LogP contribution < -0.4 is 10.0 Å². The van der Waals surface area contributed by atoms with Crippen molar-refractivity contribution in [2.24, 2.45) is 0 Å². The standard InChI is InChI=1S/C18H27N3O4S/c1-14-5-6-15(2)16(13-14)26(24,25)20-10-7-17(22)19-9-8-18(23)21-11-3-4-12-21/h5-6,13,20H,3-4,7-12H2,1-2H3,(H,19,22). The van der Waals surface area contributed by atoms with E-state index in [4.69, 9.17) is 0 Å². The fraction of sp³-hybridized carbons (Fsp3) is 0.556. The van der Waals surface area contributed by atoms with Crippen molar-refractivity contribution in [1.82, 2.24) is 14.9 Å². The number of likely N-dealkylation sites (tertiary alicyclic amines) is 1. The van der Waals surface area contributed by atoms with Gasteiger partial charge in [0.05, 0.1) is 4.90 Å². The molecule has 1 aliphatic heterocycles. The van der Waals surface area contributed by atoms with Gasteiger partial charge in [-0.2, -0.15) is 0 Å². The number of amides is 2. The highest BCUT2D eigenvalue weighted by Crippen LogP contribution is 2.16. The van der Waals surface area contributed by atoms with Gasteiger partial charge in [0.25, 0.3) is 0 Å². The Morgan fingerprint density at radius 2 is 1.77 bits per heavy atom. The summed E-state index contributed by atoms with van der Waals surface area (Å²) in [5.74, 6) is -0.221. The minimum atomic E-state index is -3.64. The van der Waals surface area contributed by atoms with Gasteiger partial charge in [-0.1, -0.05) is 12.1 Å². The second-order valence-electron chi connectivity index (χ2n) is 6.60. The molecule has 1 aromatic rings. The van der Waals surface area contributed by atoms with Crippen LogP contribution in [0, 0.1) is 13.8 Å². The van der Waals surface area contributed by atoms with Gasteiger partial charge in [0.1, 0.15) is 0 Å². The lowest BCUT2D eigenvalue weighted by atomic mass is 10.2. The summed E-state index contributed by atoms with van der Waals surface area (Å²) in [6.07, 6.45) is 2.39. The first-order chi connectivity index (χ1) is 12.3. The van der Waals surface area contributed by atoms with E-state index in [1.807, 2.05) is 17.9 Å². The molecular weight excluding hydrogens is 354 g/mol. The Bertz CT molecular complexity index is 756. The summed E-state index contributed by atoms with van der Waals surface area (Å²) >= 11 is 0. The van der Waals surface area contributed by atoms with Crippen molar-refractivity contribution in [2.75, 3.05) is 26.2 Å². The number of carbonyl (C=O) groups excluding carboxylic acids is 2. The SMILES string of the molecule is Cc1ccc(C)c(S(=O)(=O)NCCC(=O)NCCC(=O)N2CCCC2)c1. The Morgan fingerprint density at radius 1 is 1.08 bits per heavy atom. The molecule has 1 heterocycles. The van der Waals surface area contributed by atoms with Crippen molar-refractivity contribution < 1.29 is 18.0 Å². The molecule has 0 saturated carbocycles. The van der Waals surface area contributed by atoms with Gasteiger partial charge < -0.3 is 10.2 Å². The van der Waals surface area contributed by atoms with Crippen LogP contribution in [0.5, 0.6) is 0 Å². The van der Waals surface area contributed by atoms with E-state index in [9.17, 15) is 18.0 Å². The minimum absolute atomic E-state index is 0.0155. The number of hydrogen-bond acceptors (Lipinski definition) is 4. The number of carbonyl (C=O) groups is 2. The molecule has 2 rings (SSSR count). The molecule has 0 atom stereocenters. The average molecular weight is 381 g/mol. The Morgan fingerprint density at radius 3 is 2.46 bits per heavy atom. The molecule has 1 aromatic carbocycles. The summed E-state index contributed by atoms with van der Waals surface area (Å²) in [6.45, 7) is 5.45. The quantitative estimate of drug-likeness (QED) is 0.705. The van der Waals surface area contributed by atoms with Gasteiger partial charge in [0.15, 0.2) is 0 Å². The van der Waals surface area contributed by atoms with Crippen molar-refractivity contribution in [3.8, 4) is 0 Å². The van der Waals surface area contributed by atoms with Crippen LogP contribution in [-0.4, -0.2) is 51.3 Å². The van der Waals surface area contributed by atoms with Gasteiger partial charge in [0.2, 0.25) is 21.8 Å². The number of hydrogen-bond donors (Lipinski definition) is 2. The van der Waals surface area contributed by atoms with Crippen molar-refractivity contribution in [3.05, 3.63) is 29.3 Å². The van der Waals surface area contributed by atoms with E-state index in [-0.39, 0.29) is 42.6 Å². The van der Waals surface area contributed by atoms with Crippen molar-refractivity contribution in [1.29, 1.82) is 0 Å². The lowest BCUT2D eigenvalue weighted by Crippen LogP contribution is -2.34. The highest BCUT2D eigenvalue weighted by Gasteiger charge is 2.18. The van der Waals surface area contributed by atoms with Crippen molar-refractivity contribution in [2.45, 2.75) is 44.4 Å². The highest BCUT2D eigenvalue weighted by molar-refractivity contribution is 7.89. The lowest BCUT2D eigenvalue weighted by molar-refractivity contribution is -0.130. The molecule has 1 saturated heterocycles. The molecule has 0 aliphatic carbocycles. The fourth-order valence-electron chi connectivity index (χ4n) is 2.90. The number of nitrogens with one attached hydrogen (secondary N) is 2. The third kappa shape index (κ3) is 5.81. The topological polar surface area (TPSA) is 95.6 Å². The summed E-state index contributed by atoms with van der Waals surface area (Å²) in [4.78, 5) is 25.7. The molecule has 144 valence electrons. The molecule has 1 aliphatic rings. The molecule has 7 nitrogen and oxygen atoms in total. The maximum Gasteiger partial charge on any atom is 0.240 e. The predicted molar refractivity (Wildman–Crippen MR) is 99.2 cm³/mol. The van der Waals surface area contributed by atoms with E-state index in [2.05, 4.69) is 10.0 Å². The van der Waals surface area contributed by atoms with Crippen LogP contribution in [0.4, 0.5) is 0 Å². The molecular formula is C18H27N3O4S. The maximum atomic E-state index is 12.3. The number of sulfonamides is 1. The van der Waals surface area contributed by atoms with Gasteiger partial charge in [-0.25, -0.2) is 13.1 Å². The van der Waals surface area contributed by atoms with E-state index in [0.29, 0.717) is 5.56 Å². The molecule has 0 spiro atoms. The largest absolute Gasteiger partial charge is 0.356 e. The van der Waals surface area contributed by atoms with Gasteiger partial charge in [0, 0.05) is 39.0 Å². The third-order valence-electron chi connectivity index (χ3n) is 4.40. The Hall–Kier alpha value is -1.93. The van der Waals surface area contributed by atoms with Gasteiger partial charge in [-0.05, 0) is 43.9 Å². The number of rotatable bonds is 8. The van der Waals surface area contributed by atoms with Crippen LogP contribution in [0.15, 0.2) is 23.1 Å². The summed E-state index contributed by atoms with van der Waals surface area (Å²) in [6, 6.07) is 5.22. The van der Waals surface area contributed by atoms with Crippen LogP contribution >= 0.6 is 0 Å². The Balaban J connectivity index is 1.72. The average Bonchev–Trinajstić information content (AvgIpc) is 3.11. The maximum absolute atomic E-state index is 12.3. The number of nitrogens with zero attached hydrogens (tertiary/aromatic N) is 1. The normalized spacial score (nSPS) is 14.5. The Kier molecular flexibility index (Phi) is 7.16. The van der Waals surface area contributed by atoms with E-state index in [1.165, 1.54) is 0 Å². The molecule has 0 bridgehead atoms. The van der Waals surface area contributed by atoms with Crippen LogP contribution in [0.25, 0.3) is 0 Å². The van der Waals surface area contributed by atoms with E-state index in [0.717, 1.165) is 31.5 Å². The highest BCUT2D eigenvalue weighted by atomic mass is 32.2. The first-order valence-electron chi connectivity index (χ1n) is 8.91. The number of aryl methyl sites for hydroxylation is 2. The van der Waals surface area contributed by atoms with Crippen LogP contribution in [0.3, 0.4) is 0 Å². The van der Waals surface area contributed by atoms with Crippen LogP contribution in [-0.2, 0) is 19.6 Å². The molecule has 0 aromatic heterocycles. The van der Waals surface area contributed by atoms with E-state index in [1.54, 1.807) is 19.1 Å². The molecule has 1 fully saturated rings. The Labute approximate surface area is 155 Å². The predicted octanol–water partition coefficient (Wildman–Crippen LogP) is 1.10. The van der Waals surface area contributed by atoms with Crippen molar-refractivity contribution >= 4 is 21.8 Å².